The molecule has 3 aromatic rings. The van der Waals surface area contributed by atoms with Gasteiger partial charge in [-0.15, -0.1) is 5.10 Å². The van der Waals surface area contributed by atoms with E-state index in [0.717, 1.165) is 56.2 Å². The van der Waals surface area contributed by atoms with E-state index in [1.807, 2.05) is 17.2 Å². The Morgan fingerprint density at radius 1 is 1.17 bits per heavy atom. The van der Waals surface area contributed by atoms with E-state index in [-0.39, 0.29) is 17.7 Å². The summed E-state index contributed by atoms with van der Waals surface area (Å²) in [6.07, 6.45) is 4.27. The number of ether oxygens (including phenoxy) is 2. The molecular weight excluding hydrogens is 528 g/mol. The highest BCUT2D eigenvalue weighted by molar-refractivity contribution is 5.95. The first kappa shape index (κ1) is 28.4. The summed E-state index contributed by atoms with van der Waals surface area (Å²) in [5.74, 6) is 2.24. The molecule has 0 atom stereocenters. The molecule has 1 aromatic carbocycles. The van der Waals surface area contributed by atoms with Crippen molar-refractivity contribution >= 4 is 23.5 Å². The summed E-state index contributed by atoms with van der Waals surface area (Å²) < 4.78 is 12.4. The second-order valence-corrected chi connectivity index (χ2v) is 10.1. The lowest BCUT2D eigenvalue weighted by atomic mass is 10.0. The standard InChI is InChI=1S/C27H38N10O4/c1-40-23-4-3-19(15-22(23)38)26(39)36-9-5-20(6-10-36)30-24-16-25(35-11-13-41-14-12-35)32-27(31-24)29-17-21-18-37(34-33-21)8-2-7-28/h3-4,15-16,18,20,38H,2,5-14,17,28H2,1H3,(H2,29,30,31,32). The van der Waals surface area contributed by atoms with Gasteiger partial charge in [0.25, 0.3) is 5.91 Å². The summed E-state index contributed by atoms with van der Waals surface area (Å²) >= 11 is 0. The maximum atomic E-state index is 13.0. The first-order valence-electron chi connectivity index (χ1n) is 14.0. The summed E-state index contributed by atoms with van der Waals surface area (Å²) in [6.45, 7) is 5.78. The Kier molecular flexibility index (Phi) is 9.31. The normalized spacial score (nSPS) is 16.0. The lowest BCUT2D eigenvalue weighted by Crippen LogP contribution is -2.42. The molecule has 0 radical (unpaired) electrons. The fourth-order valence-corrected chi connectivity index (χ4v) is 4.94. The van der Waals surface area contributed by atoms with Crippen molar-refractivity contribution in [3.05, 3.63) is 41.7 Å². The Balaban J connectivity index is 1.22. The molecule has 2 aliphatic heterocycles. The van der Waals surface area contributed by atoms with Crippen molar-refractivity contribution in [3.63, 3.8) is 0 Å². The number of hydrogen-bond donors (Lipinski definition) is 4. The fourth-order valence-electron chi connectivity index (χ4n) is 4.94. The topological polar surface area (TPSA) is 169 Å². The van der Waals surface area contributed by atoms with Crippen LogP contribution < -0.4 is 26.0 Å². The minimum atomic E-state index is -0.107. The van der Waals surface area contributed by atoms with E-state index in [2.05, 4.69) is 25.8 Å². The maximum Gasteiger partial charge on any atom is 0.253 e. The van der Waals surface area contributed by atoms with Crippen molar-refractivity contribution in [1.29, 1.82) is 0 Å². The van der Waals surface area contributed by atoms with E-state index in [1.54, 1.807) is 16.8 Å². The van der Waals surface area contributed by atoms with E-state index in [9.17, 15) is 9.90 Å². The number of anilines is 3. The van der Waals surface area contributed by atoms with Crippen LogP contribution in [-0.2, 0) is 17.8 Å². The molecule has 2 aliphatic rings. The van der Waals surface area contributed by atoms with Gasteiger partial charge in [-0.25, -0.2) is 0 Å². The molecule has 0 spiro atoms. The van der Waals surface area contributed by atoms with Gasteiger partial charge in [0, 0.05) is 50.4 Å². The molecule has 5 N–H and O–H groups in total. The van der Waals surface area contributed by atoms with Crippen LogP contribution >= 0.6 is 0 Å². The molecule has 14 nitrogen and oxygen atoms in total. The average Bonchev–Trinajstić information content (AvgIpc) is 3.47. The Labute approximate surface area is 238 Å². The number of nitrogens with zero attached hydrogens (tertiary/aromatic N) is 7. The lowest BCUT2D eigenvalue weighted by molar-refractivity contribution is 0.0718. The molecule has 0 unspecified atom stereocenters. The minimum Gasteiger partial charge on any atom is -0.504 e. The van der Waals surface area contributed by atoms with Crippen LogP contribution in [0, 0.1) is 0 Å². The number of rotatable bonds is 11. The number of carbonyl (C=O) groups is 1. The first-order chi connectivity index (χ1) is 20.0. The number of nitrogens with two attached hydrogens (primary N) is 1. The summed E-state index contributed by atoms with van der Waals surface area (Å²) in [5.41, 5.74) is 6.83. The maximum absolute atomic E-state index is 13.0. The molecular formula is C27H38N10O4. The molecule has 0 bridgehead atoms. The highest BCUT2D eigenvalue weighted by Crippen LogP contribution is 2.28. The number of morpholine rings is 1. The Hall–Kier alpha value is -4.17. The van der Waals surface area contributed by atoms with Crippen molar-refractivity contribution in [2.45, 2.75) is 38.4 Å². The number of amides is 1. The number of phenols is 1. The van der Waals surface area contributed by atoms with Crippen LogP contribution in [0.4, 0.5) is 17.6 Å². The quantitative estimate of drug-likeness (QED) is 0.263. The van der Waals surface area contributed by atoms with Crippen LogP contribution in [0.15, 0.2) is 30.5 Å². The zero-order valence-electron chi connectivity index (χ0n) is 23.3. The van der Waals surface area contributed by atoms with Crippen LogP contribution in [0.2, 0.25) is 0 Å². The number of carbonyl (C=O) groups excluding carboxylic acids is 1. The monoisotopic (exact) mass is 566 g/mol. The molecule has 2 aromatic heterocycles. The van der Waals surface area contributed by atoms with Crippen LogP contribution in [0.5, 0.6) is 11.5 Å². The smallest absolute Gasteiger partial charge is 0.253 e. The zero-order chi connectivity index (χ0) is 28.6. The molecule has 5 rings (SSSR count). The number of piperidine rings is 1. The summed E-state index contributed by atoms with van der Waals surface area (Å²) in [5, 5.41) is 25.3. The highest BCUT2D eigenvalue weighted by Gasteiger charge is 2.25. The summed E-state index contributed by atoms with van der Waals surface area (Å²) in [7, 11) is 1.48. The van der Waals surface area contributed by atoms with Gasteiger partial charge in [-0.05, 0) is 44.0 Å². The van der Waals surface area contributed by atoms with Crippen molar-refractivity contribution < 1.29 is 19.4 Å². The first-order valence-corrected chi connectivity index (χ1v) is 14.0. The number of phenolic OH excluding ortho intramolecular Hbond substituents is 1. The van der Waals surface area contributed by atoms with E-state index >= 15 is 0 Å². The number of methoxy groups -OCH3 is 1. The molecule has 2 saturated heterocycles. The molecule has 4 heterocycles. The van der Waals surface area contributed by atoms with Gasteiger partial charge in [0.05, 0.1) is 33.1 Å². The number of nitrogens with one attached hydrogen (secondary N) is 2. The summed E-state index contributed by atoms with van der Waals surface area (Å²) in [4.78, 5) is 26.5. The number of likely N-dealkylation sites (tertiary alicyclic amines) is 1. The lowest BCUT2D eigenvalue weighted by Gasteiger charge is -2.33. The Bertz CT molecular complexity index is 1300. The Morgan fingerprint density at radius 2 is 1.98 bits per heavy atom. The number of hydrogen-bond acceptors (Lipinski definition) is 12. The zero-order valence-corrected chi connectivity index (χ0v) is 23.3. The van der Waals surface area contributed by atoms with Crippen LogP contribution in [0.25, 0.3) is 0 Å². The van der Waals surface area contributed by atoms with Crippen molar-refractivity contribution in [3.8, 4) is 11.5 Å². The number of benzene rings is 1. The molecule has 2 fully saturated rings. The van der Waals surface area contributed by atoms with Crippen LogP contribution in [-0.4, -0.2) is 100.0 Å². The van der Waals surface area contributed by atoms with Gasteiger partial charge < -0.3 is 40.7 Å². The predicted octanol–water partition coefficient (Wildman–Crippen LogP) is 1.30. The van der Waals surface area contributed by atoms with Gasteiger partial charge in [0.2, 0.25) is 5.95 Å². The van der Waals surface area contributed by atoms with Gasteiger partial charge in [-0.1, -0.05) is 5.21 Å². The number of aromatic hydroxyl groups is 1. The van der Waals surface area contributed by atoms with Crippen molar-refractivity contribution in [2.75, 3.05) is 68.6 Å². The van der Waals surface area contributed by atoms with E-state index < -0.39 is 0 Å². The van der Waals surface area contributed by atoms with Crippen molar-refractivity contribution in [1.82, 2.24) is 29.9 Å². The van der Waals surface area contributed by atoms with Gasteiger partial charge >= 0.3 is 0 Å². The van der Waals surface area contributed by atoms with Gasteiger partial charge in [-0.2, -0.15) is 9.97 Å². The molecule has 41 heavy (non-hydrogen) atoms. The number of aryl methyl sites for hydroxylation is 1. The molecule has 0 aliphatic carbocycles. The average molecular weight is 567 g/mol. The van der Waals surface area contributed by atoms with Crippen molar-refractivity contribution in [2.24, 2.45) is 5.73 Å². The minimum absolute atomic E-state index is 0.0460. The fraction of sp³-hybridized carbons (Fsp3) is 0.519. The second-order valence-electron chi connectivity index (χ2n) is 10.1. The third kappa shape index (κ3) is 7.32. The third-order valence-corrected chi connectivity index (χ3v) is 7.21. The third-order valence-electron chi connectivity index (χ3n) is 7.21. The molecule has 14 heteroatoms. The molecule has 0 saturated carbocycles. The van der Waals surface area contributed by atoms with Crippen LogP contribution in [0.1, 0.15) is 35.3 Å². The Morgan fingerprint density at radius 3 is 2.71 bits per heavy atom. The highest BCUT2D eigenvalue weighted by atomic mass is 16.5. The SMILES string of the molecule is COc1ccc(C(=O)N2CCC(Nc3cc(N4CCOCC4)nc(NCc4cn(CCCN)nn4)n3)CC2)cc1O. The number of aromatic nitrogens is 5. The van der Waals surface area contributed by atoms with Crippen LogP contribution in [0.3, 0.4) is 0 Å². The largest absolute Gasteiger partial charge is 0.504 e. The predicted molar refractivity (Wildman–Crippen MR) is 153 cm³/mol. The summed E-state index contributed by atoms with van der Waals surface area (Å²) in [6, 6.07) is 6.85. The van der Waals surface area contributed by atoms with Gasteiger partial charge in [0.15, 0.2) is 11.5 Å². The molecule has 1 amide bonds. The molecule has 220 valence electrons. The van der Waals surface area contributed by atoms with Gasteiger partial charge in [-0.3, -0.25) is 9.48 Å². The second kappa shape index (κ2) is 13.5. The van der Waals surface area contributed by atoms with Gasteiger partial charge in [0.1, 0.15) is 17.3 Å². The van der Waals surface area contributed by atoms with E-state index in [4.69, 9.17) is 25.2 Å². The van der Waals surface area contributed by atoms with E-state index in [0.29, 0.717) is 56.7 Å². The van der Waals surface area contributed by atoms with E-state index in [1.165, 1.54) is 13.2 Å².